The highest BCUT2D eigenvalue weighted by atomic mass is 32.2. The number of aliphatic hydroxyl groups excluding tert-OH is 1. The number of benzene rings is 1. The van der Waals surface area contributed by atoms with Crippen molar-refractivity contribution in [3.8, 4) is 0 Å². The normalized spacial score (nSPS) is 21.4. The van der Waals surface area contributed by atoms with Crippen molar-refractivity contribution in [1.29, 1.82) is 0 Å². The van der Waals surface area contributed by atoms with Gasteiger partial charge >= 0.3 is 0 Å². The van der Waals surface area contributed by atoms with Crippen molar-refractivity contribution >= 4 is 37.8 Å². The van der Waals surface area contributed by atoms with Crippen molar-refractivity contribution in [3.05, 3.63) is 47.0 Å². The molecule has 3 saturated carbocycles. The molecule has 1 amide bonds. The van der Waals surface area contributed by atoms with Gasteiger partial charge in [-0.3, -0.25) is 10.1 Å². The maximum absolute atomic E-state index is 13.3. The molecule has 1 aromatic heterocycles. The monoisotopic (exact) mass is 502 g/mol. The van der Waals surface area contributed by atoms with Gasteiger partial charge in [-0.2, -0.15) is 0 Å². The van der Waals surface area contributed by atoms with Crippen LogP contribution in [-0.4, -0.2) is 41.4 Å². The van der Waals surface area contributed by atoms with E-state index in [2.05, 4.69) is 10.3 Å². The largest absolute Gasteiger partial charge is 0.393 e. The first-order chi connectivity index (χ1) is 16.3. The van der Waals surface area contributed by atoms with Gasteiger partial charge in [0.25, 0.3) is 5.91 Å². The van der Waals surface area contributed by atoms with E-state index in [9.17, 15) is 23.4 Å². The van der Waals surface area contributed by atoms with Crippen LogP contribution in [0.5, 0.6) is 0 Å². The van der Waals surface area contributed by atoms with Gasteiger partial charge in [-0.05, 0) is 68.1 Å². The number of rotatable bonds is 9. The molecule has 7 nitrogen and oxygen atoms in total. The Kier molecular flexibility index (Phi) is 6.39. The molecule has 3 aliphatic rings. The second-order valence-corrected chi connectivity index (χ2v) is 12.8. The summed E-state index contributed by atoms with van der Waals surface area (Å²) in [6.45, 7) is -0.405. The summed E-state index contributed by atoms with van der Waals surface area (Å²) in [4.78, 5) is 18.0. The van der Waals surface area contributed by atoms with Gasteiger partial charge < -0.3 is 10.2 Å². The average Bonchev–Trinajstić information content (AvgIpc) is 3.77. The maximum Gasteiger partial charge on any atom is 0.257 e. The lowest BCUT2D eigenvalue weighted by Gasteiger charge is -2.23. The van der Waals surface area contributed by atoms with Gasteiger partial charge in [-0.15, -0.1) is 11.3 Å². The summed E-state index contributed by atoms with van der Waals surface area (Å²) < 4.78 is 25.1. The highest BCUT2D eigenvalue weighted by Crippen LogP contribution is 2.46. The van der Waals surface area contributed by atoms with Crippen molar-refractivity contribution in [2.45, 2.75) is 67.1 Å². The van der Waals surface area contributed by atoms with E-state index in [1.165, 1.54) is 11.3 Å². The van der Waals surface area contributed by atoms with Crippen LogP contribution in [0, 0.1) is 11.8 Å². The van der Waals surface area contributed by atoms with Crippen LogP contribution in [-0.2, 0) is 20.2 Å². The van der Waals surface area contributed by atoms with Crippen LogP contribution in [0.1, 0.15) is 62.6 Å². The van der Waals surface area contributed by atoms with E-state index in [1.54, 1.807) is 29.6 Å². The lowest BCUT2D eigenvalue weighted by atomic mass is 9.96. The van der Waals surface area contributed by atoms with E-state index in [1.807, 2.05) is 6.08 Å². The Labute approximate surface area is 203 Å². The number of thiazole rings is 1. The maximum atomic E-state index is 13.3. The Morgan fingerprint density at radius 3 is 2.38 bits per heavy atom. The van der Waals surface area contributed by atoms with Crippen molar-refractivity contribution < 1.29 is 23.4 Å². The molecule has 1 atom stereocenters. The molecular formula is C25H30N2O5S2. The number of nitrogens with one attached hydrogen (secondary N) is 1. The standard InChI is InChI=1S/C25H30N2O5S2/c28-15-25(30,18-7-8-18)22-14-33-24(26-22)27-23(29)21(13-16-3-1-2-4-16)17-5-9-19(10-6-17)34(31,32)20-11-12-20/h5-6,9-10,13-14,16,18,20,28,30H,1-4,7-8,11-12,15H2,(H,26,27,29)/b21-13+. The molecule has 34 heavy (non-hydrogen) atoms. The van der Waals surface area contributed by atoms with Gasteiger partial charge in [-0.1, -0.05) is 31.1 Å². The summed E-state index contributed by atoms with van der Waals surface area (Å²) in [5.74, 6) is -0.0206. The Balaban J connectivity index is 1.39. The predicted molar refractivity (Wildman–Crippen MR) is 131 cm³/mol. The summed E-state index contributed by atoms with van der Waals surface area (Å²) in [7, 11) is -3.29. The topological polar surface area (TPSA) is 117 Å². The third-order valence-electron chi connectivity index (χ3n) is 7.17. The lowest BCUT2D eigenvalue weighted by Crippen LogP contribution is -2.33. The summed E-state index contributed by atoms with van der Waals surface area (Å²) in [6.07, 6.45) is 9.41. The van der Waals surface area contributed by atoms with Gasteiger partial charge in [0.05, 0.1) is 22.4 Å². The fourth-order valence-electron chi connectivity index (χ4n) is 4.73. The Morgan fingerprint density at radius 1 is 1.12 bits per heavy atom. The quantitative estimate of drug-likeness (QED) is 0.448. The second kappa shape index (κ2) is 9.18. The molecule has 3 aliphatic carbocycles. The highest BCUT2D eigenvalue weighted by molar-refractivity contribution is 7.92. The smallest absolute Gasteiger partial charge is 0.257 e. The minimum Gasteiger partial charge on any atom is -0.393 e. The van der Waals surface area contributed by atoms with Crippen molar-refractivity contribution in [2.75, 3.05) is 11.9 Å². The third-order valence-corrected chi connectivity index (χ3v) is 10.2. The number of anilines is 1. The molecule has 9 heteroatoms. The molecule has 1 heterocycles. The number of hydrogen-bond donors (Lipinski definition) is 3. The first kappa shape index (κ1) is 23.7. The van der Waals surface area contributed by atoms with E-state index < -0.39 is 22.0 Å². The van der Waals surface area contributed by atoms with Crippen LogP contribution >= 0.6 is 11.3 Å². The second-order valence-electron chi connectivity index (χ2n) is 9.74. The first-order valence-corrected chi connectivity index (χ1v) is 14.4. The van der Waals surface area contributed by atoms with Gasteiger partial charge in [0.1, 0.15) is 5.60 Å². The van der Waals surface area contributed by atoms with Crippen LogP contribution in [0.15, 0.2) is 40.6 Å². The zero-order valence-corrected chi connectivity index (χ0v) is 20.6. The predicted octanol–water partition coefficient (Wildman–Crippen LogP) is 3.88. The lowest BCUT2D eigenvalue weighted by molar-refractivity contribution is -0.111. The number of aliphatic hydroxyl groups is 2. The van der Waals surface area contributed by atoms with E-state index in [4.69, 9.17) is 0 Å². The molecule has 0 bridgehead atoms. The molecule has 182 valence electrons. The molecule has 1 unspecified atom stereocenters. The summed E-state index contributed by atoms with van der Waals surface area (Å²) >= 11 is 1.22. The number of hydrogen-bond acceptors (Lipinski definition) is 7. The Hall–Kier alpha value is -2.07. The number of nitrogens with zero attached hydrogens (tertiary/aromatic N) is 1. The van der Waals surface area contributed by atoms with Crippen LogP contribution in [0.25, 0.3) is 5.57 Å². The van der Waals surface area contributed by atoms with Gasteiger partial charge in [0.2, 0.25) is 0 Å². The number of sulfone groups is 1. The molecule has 3 fully saturated rings. The van der Waals surface area contributed by atoms with Gasteiger partial charge in [0, 0.05) is 11.0 Å². The van der Waals surface area contributed by atoms with Gasteiger partial charge in [-0.25, -0.2) is 13.4 Å². The molecular weight excluding hydrogens is 472 g/mol. The zero-order valence-electron chi connectivity index (χ0n) is 18.9. The first-order valence-electron chi connectivity index (χ1n) is 12.0. The summed E-state index contributed by atoms with van der Waals surface area (Å²) in [5.41, 5.74) is 0.179. The molecule has 0 radical (unpaired) electrons. The van der Waals surface area contributed by atoms with Crippen molar-refractivity contribution in [1.82, 2.24) is 4.98 Å². The number of carbonyl (C=O) groups is 1. The summed E-state index contributed by atoms with van der Waals surface area (Å²) in [5, 5.41) is 25.2. The fraction of sp³-hybridized carbons (Fsp3) is 0.520. The SMILES string of the molecule is O=C(Nc1nc(C(O)(CO)C2CC2)cs1)/C(=C/C1CCCC1)c1ccc(S(=O)(=O)C2CC2)cc1. The van der Waals surface area contributed by atoms with E-state index in [0.29, 0.717) is 45.6 Å². The van der Waals surface area contributed by atoms with Crippen LogP contribution in [0.4, 0.5) is 5.13 Å². The summed E-state index contributed by atoms with van der Waals surface area (Å²) in [6, 6.07) is 6.61. The minimum absolute atomic E-state index is 0.00796. The number of aromatic nitrogens is 1. The fourth-order valence-corrected chi connectivity index (χ4v) is 7.17. The molecule has 0 spiro atoms. The molecule has 0 saturated heterocycles. The van der Waals surface area contributed by atoms with E-state index in [-0.39, 0.29) is 17.1 Å². The molecule has 5 rings (SSSR count). The van der Waals surface area contributed by atoms with Crippen molar-refractivity contribution in [3.63, 3.8) is 0 Å². The van der Waals surface area contributed by atoms with Crippen LogP contribution in [0.2, 0.25) is 0 Å². The molecule has 0 aliphatic heterocycles. The van der Waals surface area contributed by atoms with Crippen LogP contribution in [0.3, 0.4) is 0 Å². The number of allylic oxidation sites excluding steroid dienone is 1. The average molecular weight is 503 g/mol. The third kappa shape index (κ3) is 4.71. The van der Waals surface area contributed by atoms with Crippen LogP contribution < -0.4 is 5.32 Å². The zero-order chi connectivity index (χ0) is 23.9. The molecule has 3 N–H and O–H groups in total. The number of amides is 1. The highest BCUT2D eigenvalue weighted by Gasteiger charge is 2.46. The molecule has 2 aromatic rings. The number of carbonyl (C=O) groups excluding carboxylic acids is 1. The van der Waals surface area contributed by atoms with E-state index in [0.717, 1.165) is 38.5 Å². The van der Waals surface area contributed by atoms with Gasteiger partial charge in [0.15, 0.2) is 15.0 Å². The molecule has 1 aromatic carbocycles. The Bertz CT molecular complexity index is 1190. The minimum atomic E-state index is -3.29. The Morgan fingerprint density at radius 2 is 1.79 bits per heavy atom. The van der Waals surface area contributed by atoms with Crippen molar-refractivity contribution in [2.24, 2.45) is 11.8 Å². The van der Waals surface area contributed by atoms with E-state index >= 15 is 0 Å².